The first-order chi connectivity index (χ1) is 9.83. The molecule has 0 heterocycles. The molecular formula is C20H28O. The van der Waals surface area contributed by atoms with Gasteiger partial charge in [0.25, 0.3) is 0 Å². The highest BCUT2D eigenvalue weighted by molar-refractivity contribution is 6.00. The number of rotatable bonds is 1. The highest BCUT2D eigenvalue weighted by Gasteiger charge is 2.44. The lowest BCUT2D eigenvalue weighted by molar-refractivity contribution is -0.116. The fourth-order valence-electron chi connectivity index (χ4n) is 4.84. The van der Waals surface area contributed by atoms with Crippen LogP contribution in [0.3, 0.4) is 0 Å². The Morgan fingerprint density at radius 2 is 1.95 bits per heavy atom. The van der Waals surface area contributed by atoms with Gasteiger partial charge in [-0.05, 0) is 51.0 Å². The summed E-state index contributed by atoms with van der Waals surface area (Å²) in [6.45, 7) is 11.3. The zero-order valence-corrected chi connectivity index (χ0v) is 14.2. The predicted molar refractivity (Wildman–Crippen MR) is 88.0 cm³/mol. The molecule has 0 unspecified atom stereocenters. The van der Waals surface area contributed by atoms with Crippen molar-refractivity contribution in [3.05, 3.63) is 33.9 Å². The molecule has 21 heavy (non-hydrogen) atoms. The van der Waals surface area contributed by atoms with Crippen molar-refractivity contribution in [2.75, 3.05) is 0 Å². The van der Waals surface area contributed by atoms with Crippen LogP contribution in [-0.2, 0) is 4.79 Å². The van der Waals surface area contributed by atoms with Gasteiger partial charge in [0, 0.05) is 17.8 Å². The van der Waals surface area contributed by atoms with Crippen LogP contribution < -0.4 is 0 Å². The number of carbonyl (C=O) groups is 1. The second kappa shape index (κ2) is 4.97. The smallest absolute Gasteiger partial charge is 0.159 e. The number of carbonyl (C=O) groups excluding carboxylic acids is 1. The molecule has 0 aromatic carbocycles. The van der Waals surface area contributed by atoms with E-state index in [0.717, 1.165) is 24.8 Å². The Balaban J connectivity index is 2.13. The lowest BCUT2D eigenvalue weighted by atomic mass is 9.71. The Bertz CT molecular complexity index is 585. The van der Waals surface area contributed by atoms with Gasteiger partial charge in [-0.1, -0.05) is 49.1 Å². The molecule has 0 amide bonds. The third kappa shape index (κ3) is 2.25. The van der Waals surface area contributed by atoms with Crippen LogP contribution in [0.2, 0.25) is 0 Å². The van der Waals surface area contributed by atoms with Crippen LogP contribution in [0.4, 0.5) is 0 Å². The van der Waals surface area contributed by atoms with Crippen molar-refractivity contribution in [1.82, 2.24) is 0 Å². The number of fused-ring (bicyclic) bond motifs is 2. The predicted octanol–water partition coefficient (Wildman–Crippen LogP) is 5.38. The average molecular weight is 284 g/mol. The molecule has 1 nitrogen and oxygen atoms in total. The summed E-state index contributed by atoms with van der Waals surface area (Å²) < 4.78 is 0. The van der Waals surface area contributed by atoms with Crippen LogP contribution in [0.15, 0.2) is 33.9 Å². The molecule has 2 atom stereocenters. The molecule has 0 saturated carbocycles. The SMILES string of the molecule is CC1=C2C[C@@]3(C)CC(=O)C(C(C)C)=C3C/C=C(/C)[C@@H]2CC1. The Kier molecular flexibility index (Phi) is 3.50. The molecule has 3 rings (SSSR count). The quantitative estimate of drug-likeness (QED) is 0.590. The van der Waals surface area contributed by atoms with Crippen LogP contribution in [0.25, 0.3) is 0 Å². The van der Waals surface area contributed by atoms with Crippen molar-refractivity contribution < 1.29 is 4.79 Å². The molecule has 1 heteroatoms. The number of hydrogen-bond acceptors (Lipinski definition) is 1. The van der Waals surface area contributed by atoms with Gasteiger partial charge in [-0.15, -0.1) is 0 Å². The Hall–Kier alpha value is -1.11. The summed E-state index contributed by atoms with van der Waals surface area (Å²) in [7, 11) is 0. The summed E-state index contributed by atoms with van der Waals surface area (Å²) in [6.07, 6.45) is 7.76. The summed E-state index contributed by atoms with van der Waals surface area (Å²) in [6, 6.07) is 0. The summed E-state index contributed by atoms with van der Waals surface area (Å²) in [5.41, 5.74) is 7.40. The van der Waals surface area contributed by atoms with E-state index < -0.39 is 0 Å². The molecule has 0 N–H and O–H groups in total. The van der Waals surface area contributed by atoms with Gasteiger partial charge >= 0.3 is 0 Å². The van der Waals surface area contributed by atoms with Gasteiger partial charge < -0.3 is 0 Å². The molecule has 0 fully saturated rings. The van der Waals surface area contributed by atoms with Crippen LogP contribution >= 0.6 is 0 Å². The summed E-state index contributed by atoms with van der Waals surface area (Å²) in [5.74, 6) is 1.42. The second-order valence-corrected chi connectivity index (χ2v) is 7.93. The maximum atomic E-state index is 12.6. The maximum Gasteiger partial charge on any atom is 0.159 e. The van der Waals surface area contributed by atoms with Gasteiger partial charge in [-0.2, -0.15) is 0 Å². The van der Waals surface area contributed by atoms with Gasteiger partial charge in [-0.25, -0.2) is 0 Å². The van der Waals surface area contributed by atoms with E-state index in [1.54, 1.807) is 11.1 Å². The Morgan fingerprint density at radius 3 is 2.62 bits per heavy atom. The topological polar surface area (TPSA) is 17.1 Å². The number of ketones is 1. The van der Waals surface area contributed by atoms with Gasteiger partial charge in [0.1, 0.15) is 0 Å². The monoisotopic (exact) mass is 284 g/mol. The van der Waals surface area contributed by atoms with Crippen molar-refractivity contribution in [3.8, 4) is 0 Å². The molecule has 3 aliphatic carbocycles. The molecule has 0 aliphatic heterocycles. The largest absolute Gasteiger partial charge is 0.295 e. The van der Waals surface area contributed by atoms with Crippen LogP contribution in [0.1, 0.15) is 66.7 Å². The van der Waals surface area contributed by atoms with E-state index in [4.69, 9.17) is 0 Å². The van der Waals surface area contributed by atoms with Gasteiger partial charge in [0.15, 0.2) is 5.78 Å². The van der Waals surface area contributed by atoms with Gasteiger partial charge in [0.05, 0.1) is 0 Å². The molecule has 114 valence electrons. The first-order valence-corrected chi connectivity index (χ1v) is 8.45. The van der Waals surface area contributed by atoms with E-state index in [9.17, 15) is 4.79 Å². The van der Waals surface area contributed by atoms with Crippen LogP contribution in [-0.4, -0.2) is 5.78 Å². The van der Waals surface area contributed by atoms with E-state index in [-0.39, 0.29) is 5.41 Å². The number of Topliss-reactive ketones (excluding diaryl/α,β-unsaturated/α-hetero) is 1. The Labute approximate surface area is 129 Å². The standard InChI is InChI=1S/C20H28O/c1-12(2)19-17-9-7-13(3)15-8-6-14(4)16(15)10-20(17,5)11-18(19)21/h7,12,15H,6,8-11H2,1-5H3/b13-7-/t15-,20-/m0/s1. The number of allylic oxidation sites excluding steroid dienone is 6. The van der Waals surface area contributed by atoms with Crippen LogP contribution in [0, 0.1) is 17.3 Å². The second-order valence-electron chi connectivity index (χ2n) is 7.93. The zero-order valence-electron chi connectivity index (χ0n) is 14.2. The van der Waals surface area contributed by atoms with Crippen molar-refractivity contribution in [1.29, 1.82) is 0 Å². The molecular weight excluding hydrogens is 256 g/mol. The fraction of sp³-hybridized carbons (Fsp3) is 0.650. The minimum atomic E-state index is 0.0765. The third-order valence-corrected chi connectivity index (χ3v) is 6.02. The molecule has 0 bridgehead atoms. The van der Waals surface area contributed by atoms with Gasteiger partial charge in [0.2, 0.25) is 0 Å². The molecule has 0 spiro atoms. The summed E-state index contributed by atoms with van der Waals surface area (Å²) >= 11 is 0. The molecule has 0 radical (unpaired) electrons. The van der Waals surface area contributed by atoms with E-state index in [0.29, 0.717) is 17.6 Å². The Morgan fingerprint density at radius 1 is 1.24 bits per heavy atom. The minimum absolute atomic E-state index is 0.0765. The van der Waals surface area contributed by atoms with Crippen molar-refractivity contribution in [3.63, 3.8) is 0 Å². The highest BCUT2D eigenvalue weighted by Crippen LogP contribution is 2.54. The summed E-state index contributed by atoms with van der Waals surface area (Å²) in [5, 5.41) is 0. The zero-order chi connectivity index (χ0) is 15.4. The molecule has 0 saturated heterocycles. The van der Waals surface area contributed by atoms with E-state index >= 15 is 0 Å². The van der Waals surface area contributed by atoms with Crippen molar-refractivity contribution >= 4 is 5.78 Å². The third-order valence-electron chi connectivity index (χ3n) is 6.02. The van der Waals surface area contributed by atoms with Crippen molar-refractivity contribution in [2.24, 2.45) is 17.3 Å². The molecule has 3 aliphatic rings. The lowest BCUT2D eigenvalue weighted by Crippen LogP contribution is -2.22. The average Bonchev–Trinajstić information content (AvgIpc) is 2.84. The van der Waals surface area contributed by atoms with Gasteiger partial charge in [-0.3, -0.25) is 4.79 Å². The maximum absolute atomic E-state index is 12.6. The van der Waals surface area contributed by atoms with Crippen molar-refractivity contribution in [2.45, 2.75) is 66.7 Å². The normalized spacial score (nSPS) is 35.6. The minimum Gasteiger partial charge on any atom is -0.295 e. The molecule has 0 aromatic heterocycles. The fourth-order valence-corrected chi connectivity index (χ4v) is 4.84. The highest BCUT2D eigenvalue weighted by atomic mass is 16.1. The molecule has 0 aromatic rings. The van der Waals surface area contributed by atoms with E-state index in [1.165, 1.54) is 24.0 Å². The lowest BCUT2D eigenvalue weighted by Gasteiger charge is -2.33. The van der Waals surface area contributed by atoms with E-state index in [1.807, 2.05) is 0 Å². The van der Waals surface area contributed by atoms with E-state index in [2.05, 4.69) is 40.7 Å². The first kappa shape index (κ1) is 14.8. The number of hydrogen-bond donors (Lipinski definition) is 0. The van der Waals surface area contributed by atoms with Crippen LogP contribution in [0.5, 0.6) is 0 Å². The first-order valence-electron chi connectivity index (χ1n) is 8.45. The summed E-state index contributed by atoms with van der Waals surface area (Å²) in [4.78, 5) is 12.6.